The minimum Gasteiger partial charge on any atom is -0.481 e. The maximum absolute atomic E-state index is 12.3. The molecule has 1 atom stereocenters. The third kappa shape index (κ3) is 4.87. The Balaban J connectivity index is 1.46. The molecular formula is C23H29NO2. The fraction of sp³-hybridized carbons (Fsp3) is 0.435. The summed E-state index contributed by atoms with van der Waals surface area (Å²) in [6, 6.07) is 14.7. The van der Waals surface area contributed by atoms with E-state index < -0.39 is 6.10 Å². The maximum atomic E-state index is 12.3. The molecule has 0 aromatic heterocycles. The van der Waals surface area contributed by atoms with Crippen LogP contribution in [-0.4, -0.2) is 18.6 Å². The van der Waals surface area contributed by atoms with Gasteiger partial charge in [0.15, 0.2) is 6.10 Å². The molecule has 0 saturated heterocycles. The lowest BCUT2D eigenvalue weighted by atomic mass is 9.91. The van der Waals surface area contributed by atoms with Crippen molar-refractivity contribution in [3.05, 3.63) is 64.7 Å². The third-order valence-corrected chi connectivity index (χ3v) is 5.05. The summed E-state index contributed by atoms with van der Waals surface area (Å²) in [5.41, 5.74) is 5.26. The van der Waals surface area contributed by atoms with E-state index in [1.54, 1.807) is 0 Å². The van der Waals surface area contributed by atoms with Gasteiger partial charge in [0.25, 0.3) is 5.91 Å². The summed E-state index contributed by atoms with van der Waals surface area (Å²) >= 11 is 0. The second kappa shape index (κ2) is 8.88. The number of carbonyl (C=O) groups excluding carboxylic acids is 1. The predicted octanol–water partition coefficient (Wildman–Crippen LogP) is 4.39. The minimum absolute atomic E-state index is 0.0392. The Kier molecular flexibility index (Phi) is 6.32. The van der Waals surface area contributed by atoms with Crippen molar-refractivity contribution in [2.75, 3.05) is 6.54 Å². The van der Waals surface area contributed by atoms with Gasteiger partial charge in [-0.15, -0.1) is 0 Å². The van der Waals surface area contributed by atoms with Gasteiger partial charge in [0.2, 0.25) is 0 Å². The highest BCUT2D eigenvalue weighted by Crippen LogP contribution is 2.30. The normalized spacial score (nSPS) is 14.4. The molecule has 3 heteroatoms. The van der Waals surface area contributed by atoms with Crippen LogP contribution in [0.5, 0.6) is 5.75 Å². The number of nitrogens with one attached hydrogen (secondary N) is 1. The largest absolute Gasteiger partial charge is 0.481 e. The van der Waals surface area contributed by atoms with E-state index in [4.69, 9.17) is 4.74 Å². The summed E-state index contributed by atoms with van der Waals surface area (Å²) in [5.74, 6) is 0.840. The lowest BCUT2D eigenvalue weighted by Crippen LogP contribution is -2.37. The molecule has 0 bridgehead atoms. The van der Waals surface area contributed by atoms with Crippen LogP contribution >= 0.6 is 0 Å². The van der Waals surface area contributed by atoms with E-state index in [0.29, 0.717) is 6.54 Å². The van der Waals surface area contributed by atoms with Gasteiger partial charge in [0.1, 0.15) is 5.75 Å². The zero-order chi connectivity index (χ0) is 18.4. The highest BCUT2D eigenvalue weighted by Gasteiger charge is 2.19. The van der Waals surface area contributed by atoms with Crippen LogP contribution in [0.15, 0.2) is 42.5 Å². The quantitative estimate of drug-likeness (QED) is 0.751. The van der Waals surface area contributed by atoms with Crippen LogP contribution in [-0.2, 0) is 24.1 Å². The number of hydrogen-bond donors (Lipinski definition) is 1. The molecule has 3 nitrogen and oxygen atoms in total. The van der Waals surface area contributed by atoms with Crippen LogP contribution in [0.3, 0.4) is 0 Å². The first kappa shape index (κ1) is 18.5. The van der Waals surface area contributed by atoms with E-state index >= 15 is 0 Å². The standard InChI is InChI=1S/C23H29NO2/c1-17-8-5-9-19(16-17)10-7-15-24-23(25)18(2)26-22-14-6-12-20-11-3-4-13-21(20)22/h5-6,8-9,12,14,16,18H,3-4,7,10-11,13,15H2,1-2H3,(H,24,25)/t18-/m0/s1. The number of rotatable bonds is 7. The van der Waals surface area contributed by atoms with Gasteiger partial charge in [0.05, 0.1) is 0 Å². The summed E-state index contributed by atoms with van der Waals surface area (Å²) < 4.78 is 5.99. The van der Waals surface area contributed by atoms with Gasteiger partial charge in [-0.3, -0.25) is 4.79 Å². The number of amides is 1. The van der Waals surface area contributed by atoms with Crippen molar-refractivity contribution < 1.29 is 9.53 Å². The van der Waals surface area contributed by atoms with Crippen molar-refractivity contribution >= 4 is 5.91 Å². The lowest BCUT2D eigenvalue weighted by Gasteiger charge is -2.22. The van der Waals surface area contributed by atoms with E-state index in [9.17, 15) is 4.79 Å². The fourth-order valence-corrected chi connectivity index (χ4v) is 3.62. The Morgan fingerprint density at radius 3 is 2.81 bits per heavy atom. The van der Waals surface area contributed by atoms with Crippen LogP contribution in [0.2, 0.25) is 0 Å². The van der Waals surface area contributed by atoms with Gasteiger partial charge >= 0.3 is 0 Å². The molecule has 2 aromatic carbocycles. The van der Waals surface area contributed by atoms with Crippen molar-refractivity contribution in [1.82, 2.24) is 5.32 Å². The van der Waals surface area contributed by atoms with Crippen molar-refractivity contribution in [3.63, 3.8) is 0 Å². The van der Waals surface area contributed by atoms with E-state index in [1.807, 2.05) is 19.1 Å². The summed E-state index contributed by atoms with van der Waals surface area (Å²) in [4.78, 5) is 12.3. The smallest absolute Gasteiger partial charge is 0.260 e. The van der Waals surface area contributed by atoms with Crippen LogP contribution in [0.4, 0.5) is 0 Å². The Hall–Kier alpha value is -2.29. The van der Waals surface area contributed by atoms with Crippen LogP contribution in [0.25, 0.3) is 0 Å². The SMILES string of the molecule is Cc1cccc(CCCNC(=O)[C@H](C)Oc2cccc3c2CCCC3)c1. The molecule has 0 unspecified atom stereocenters. The van der Waals surface area contributed by atoms with Gasteiger partial charge in [-0.05, 0) is 75.1 Å². The number of aryl methyl sites for hydroxylation is 3. The summed E-state index contributed by atoms with van der Waals surface area (Å²) in [5, 5.41) is 3.00. The number of hydrogen-bond acceptors (Lipinski definition) is 2. The van der Waals surface area contributed by atoms with Crippen LogP contribution < -0.4 is 10.1 Å². The Bertz CT molecular complexity index is 754. The zero-order valence-corrected chi connectivity index (χ0v) is 15.9. The molecule has 0 fully saturated rings. The van der Waals surface area contributed by atoms with E-state index in [-0.39, 0.29) is 5.91 Å². The van der Waals surface area contributed by atoms with Crippen molar-refractivity contribution in [2.45, 2.75) is 58.5 Å². The van der Waals surface area contributed by atoms with Crippen molar-refractivity contribution in [3.8, 4) is 5.75 Å². The second-order valence-electron chi connectivity index (χ2n) is 7.24. The second-order valence-corrected chi connectivity index (χ2v) is 7.24. The van der Waals surface area contributed by atoms with Gasteiger partial charge in [-0.1, -0.05) is 42.0 Å². The highest BCUT2D eigenvalue weighted by atomic mass is 16.5. The molecule has 26 heavy (non-hydrogen) atoms. The molecule has 1 aliphatic rings. The molecule has 0 aliphatic heterocycles. The maximum Gasteiger partial charge on any atom is 0.260 e. The Labute approximate surface area is 156 Å². The van der Waals surface area contributed by atoms with Gasteiger partial charge in [0, 0.05) is 6.54 Å². The molecule has 1 aliphatic carbocycles. The van der Waals surface area contributed by atoms with Crippen molar-refractivity contribution in [1.29, 1.82) is 0 Å². The predicted molar refractivity (Wildman–Crippen MR) is 106 cm³/mol. The Morgan fingerprint density at radius 1 is 1.15 bits per heavy atom. The first-order valence-corrected chi connectivity index (χ1v) is 9.74. The highest BCUT2D eigenvalue weighted by molar-refractivity contribution is 5.80. The first-order chi connectivity index (χ1) is 12.6. The van der Waals surface area contributed by atoms with Gasteiger partial charge in [-0.25, -0.2) is 0 Å². The summed E-state index contributed by atoms with van der Waals surface area (Å²) in [6.07, 6.45) is 6.05. The molecule has 0 spiro atoms. The molecular weight excluding hydrogens is 322 g/mol. The number of carbonyl (C=O) groups is 1. The van der Waals surface area contributed by atoms with E-state index in [0.717, 1.165) is 31.4 Å². The molecule has 0 heterocycles. The summed E-state index contributed by atoms with van der Waals surface area (Å²) in [6.45, 7) is 4.61. The molecule has 1 N–H and O–H groups in total. The van der Waals surface area contributed by atoms with E-state index in [2.05, 4.69) is 42.6 Å². The van der Waals surface area contributed by atoms with Crippen LogP contribution in [0, 0.1) is 6.92 Å². The average molecular weight is 351 g/mol. The van der Waals surface area contributed by atoms with Crippen molar-refractivity contribution in [2.24, 2.45) is 0 Å². The summed E-state index contributed by atoms with van der Waals surface area (Å²) in [7, 11) is 0. The molecule has 1 amide bonds. The number of ether oxygens (including phenoxy) is 1. The van der Waals surface area contributed by atoms with Gasteiger partial charge in [-0.2, -0.15) is 0 Å². The third-order valence-electron chi connectivity index (χ3n) is 5.05. The molecule has 2 aromatic rings. The van der Waals surface area contributed by atoms with E-state index in [1.165, 1.54) is 35.1 Å². The molecule has 138 valence electrons. The first-order valence-electron chi connectivity index (χ1n) is 9.74. The molecule has 0 radical (unpaired) electrons. The average Bonchev–Trinajstić information content (AvgIpc) is 2.65. The van der Waals surface area contributed by atoms with Crippen LogP contribution in [0.1, 0.15) is 48.4 Å². The molecule has 0 saturated carbocycles. The fourth-order valence-electron chi connectivity index (χ4n) is 3.62. The number of benzene rings is 2. The minimum atomic E-state index is -0.470. The zero-order valence-electron chi connectivity index (χ0n) is 15.9. The lowest BCUT2D eigenvalue weighted by molar-refractivity contribution is -0.127. The van der Waals surface area contributed by atoms with Gasteiger partial charge < -0.3 is 10.1 Å². The monoisotopic (exact) mass is 351 g/mol. The topological polar surface area (TPSA) is 38.3 Å². The molecule has 3 rings (SSSR count). The Morgan fingerprint density at radius 2 is 1.96 bits per heavy atom. The number of fused-ring (bicyclic) bond motifs is 1.